The number of carbonyl (C=O) groups is 1. The zero-order chi connectivity index (χ0) is 13.6. The van der Waals surface area contributed by atoms with Crippen molar-refractivity contribution in [1.82, 2.24) is 0 Å². The Morgan fingerprint density at radius 3 is 2.44 bits per heavy atom. The molecule has 2 fully saturated rings. The quantitative estimate of drug-likeness (QED) is 0.790. The van der Waals surface area contributed by atoms with Gasteiger partial charge in [0.05, 0.1) is 23.0 Å². The van der Waals surface area contributed by atoms with Gasteiger partial charge in [-0.2, -0.15) is 0 Å². The number of rotatable bonds is 3. The van der Waals surface area contributed by atoms with Crippen LogP contribution in [0.4, 0.5) is 0 Å². The maximum atomic E-state index is 11.5. The summed E-state index contributed by atoms with van der Waals surface area (Å²) in [6.45, 7) is 1.67. The molecule has 1 aliphatic heterocycles. The fourth-order valence-corrected chi connectivity index (χ4v) is 5.41. The monoisotopic (exact) mass is 276 g/mol. The van der Waals surface area contributed by atoms with Crippen LogP contribution in [0, 0.1) is 17.8 Å². The second kappa shape index (κ2) is 4.49. The summed E-state index contributed by atoms with van der Waals surface area (Å²) in [5.41, 5.74) is -0.977. The molecule has 104 valence electrons. The number of aliphatic carboxylic acids is 1. The molecule has 4 unspecified atom stereocenters. The lowest BCUT2D eigenvalue weighted by molar-refractivity contribution is -0.150. The number of hydrogen-bond donors (Lipinski definition) is 2. The molecule has 1 aliphatic carbocycles. The van der Waals surface area contributed by atoms with Crippen LogP contribution in [0.2, 0.25) is 0 Å². The summed E-state index contributed by atoms with van der Waals surface area (Å²) in [7, 11) is -3.09. The normalized spacial score (nSPS) is 40.8. The van der Waals surface area contributed by atoms with E-state index in [0.29, 0.717) is 19.3 Å². The molecule has 2 aliphatic rings. The van der Waals surface area contributed by atoms with Gasteiger partial charge in [0, 0.05) is 5.92 Å². The molecule has 2 N–H and O–H groups in total. The molecule has 0 aromatic carbocycles. The van der Waals surface area contributed by atoms with Gasteiger partial charge >= 0.3 is 5.97 Å². The minimum atomic E-state index is -3.09. The van der Waals surface area contributed by atoms with Crippen molar-refractivity contribution < 1.29 is 23.4 Å². The summed E-state index contributed by atoms with van der Waals surface area (Å²) in [5, 5.41) is 19.6. The molecule has 1 saturated heterocycles. The highest BCUT2D eigenvalue weighted by atomic mass is 32.2. The first-order valence-corrected chi connectivity index (χ1v) is 8.21. The van der Waals surface area contributed by atoms with Crippen LogP contribution in [0.5, 0.6) is 0 Å². The largest absolute Gasteiger partial charge is 0.481 e. The van der Waals surface area contributed by atoms with E-state index in [1.807, 2.05) is 0 Å². The van der Waals surface area contributed by atoms with Crippen LogP contribution in [0.1, 0.15) is 32.6 Å². The van der Waals surface area contributed by atoms with Gasteiger partial charge in [-0.15, -0.1) is 0 Å². The van der Waals surface area contributed by atoms with Crippen molar-refractivity contribution in [3.8, 4) is 0 Å². The third-order valence-corrected chi connectivity index (χ3v) is 6.28. The summed E-state index contributed by atoms with van der Waals surface area (Å²) >= 11 is 0. The van der Waals surface area contributed by atoms with E-state index in [4.69, 9.17) is 0 Å². The first-order valence-electron chi connectivity index (χ1n) is 6.38. The molecular weight excluding hydrogens is 256 g/mol. The average molecular weight is 276 g/mol. The number of sulfone groups is 1. The number of carboxylic acid groups (broad SMARTS) is 1. The van der Waals surface area contributed by atoms with E-state index >= 15 is 0 Å². The van der Waals surface area contributed by atoms with Crippen molar-refractivity contribution in [3.63, 3.8) is 0 Å². The molecule has 1 heterocycles. The zero-order valence-corrected chi connectivity index (χ0v) is 11.3. The predicted octanol–water partition coefficient (Wildman–Crippen LogP) is 0.673. The summed E-state index contributed by atoms with van der Waals surface area (Å²) < 4.78 is 23.0. The fourth-order valence-electron chi connectivity index (χ4n) is 3.55. The molecule has 4 atom stereocenters. The Bertz CT molecular complexity index is 439. The summed E-state index contributed by atoms with van der Waals surface area (Å²) in [5.74, 6) is -2.34. The highest BCUT2D eigenvalue weighted by Crippen LogP contribution is 2.44. The molecule has 5 nitrogen and oxygen atoms in total. The van der Waals surface area contributed by atoms with Crippen molar-refractivity contribution in [1.29, 1.82) is 0 Å². The fraction of sp³-hybridized carbons (Fsp3) is 0.917. The van der Waals surface area contributed by atoms with Crippen molar-refractivity contribution >= 4 is 15.8 Å². The minimum absolute atomic E-state index is 0.0451. The van der Waals surface area contributed by atoms with Crippen LogP contribution in [0.25, 0.3) is 0 Å². The van der Waals surface area contributed by atoms with Crippen molar-refractivity contribution in [2.75, 3.05) is 11.5 Å². The molecular formula is C12H20O5S. The van der Waals surface area contributed by atoms with Gasteiger partial charge in [0.2, 0.25) is 0 Å². The molecule has 1 saturated carbocycles. The molecule has 0 spiro atoms. The Balaban J connectivity index is 2.22. The van der Waals surface area contributed by atoms with Gasteiger partial charge in [0.25, 0.3) is 0 Å². The van der Waals surface area contributed by atoms with Gasteiger partial charge in [-0.05, 0) is 32.1 Å². The van der Waals surface area contributed by atoms with E-state index in [1.54, 1.807) is 6.92 Å². The minimum Gasteiger partial charge on any atom is -0.481 e. The summed E-state index contributed by atoms with van der Waals surface area (Å²) in [6.07, 6.45) is 2.48. The van der Waals surface area contributed by atoms with Gasteiger partial charge in [-0.3, -0.25) is 4.79 Å². The smallest absolute Gasteiger partial charge is 0.307 e. The van der Waals surface area contributed by atoms with E-state index in [-0.39, 0.29) is 23.3 Å². The Kier molecular flexibility index (Phi) is 3.44. The van der Waals surface area contributed by atoms with Crippen LogP contribution in [0.15, 0.2) is 0 Å². The van der Waals surface area contributed by atoms with Gasteiger partial charge in [-0.25, -0.2) is 8.42 Å². The number of hydrogen-bond acceptors (Lipinski definition) is 4. The lowest BCUT2D eigenvalue weighted by atomic mass is 9.74. The maximum Gasteiger partial charge on any atom is 0.307 e. The highest BCUT2D eigenvalue weighted by molar-refractivity contribution is 7.91. The van der Waals surface area contributed by atoms with Crippen LogP contribution < -0.4 is 0 Å². The first kappa shape index (κ1) is 13.8. The van der Waals surface area contributed by atoms with Gasteiger partial charge in [0.15, 0.2) is 9.84 Å². The van der Waals surface area contributed by atoms with E-state index in [9.17, 15) is 23.4 Å². The SMILES string of the molecule is CC1(O)CCCC1C(C(=O)O)C1CCS(=O)(=O)C1. The Morgan fingerprint density at radius 1 is 1.39 bits per heavy atom. The third-order valence-electron chi connectivity index (χ3n) is 4.49. The lowest BCUT2D eigenvalue weighted by Crippen LogP contribution is -2.41. The maximum absolute atomic E-state index is 11.5. The molecule has 0 aromatic heterocycles. The first-order chi connectivity index (χ1) is 8.23. The second-order valence-corrected chi connectivity index (χ2v) is 8.11. The summed E-state index contributed by atoms with van der Waals surface area (Å²) in [4.78, 5) is 11.5. The number of carboxylic acids is 1. The molecule has 0 amide bonds. The van der Waals surface area contributed by atoms with Crippen LogP contribution in [0.3, 0.4) is 0 Å². The van der Waals surface area contributed by atoms with E-state index in [1.165, 1.54) is 0 Å². The van der Waals surface area contributed by atoms with Crippen molar-refractivity contribution in [2.24, 2.45) is 17.8 Å². The van der Waals surface area contributed by atoms with Crippen LogP contribution in [-0.2, 0) is 14.6 Å². The zero-order valence-electron chi connectivity index (χ0n) is 10.5. The Hall–Kier alpha value is -0.620. The molecule has 0 radical (unpaired) electrons. The molecule has 0 bridgehead atoms. The van der Waals surface area contributed by atoms with E-state index < -0.39 is 27.3 Å². The Morgan fingerprint density at radius 2 is 2.06 bits per heavy atom. The summed E-state index contributed by atoms with van der Waals surface area (Å²) in [6, 6.07) is 0. The van der Waals surface area contributed by atoms with Crippen molar-refractivity contribution in [2.45, 2.75) is 38.2 Å². The topological polar surface area (TPSA) is 91.7 Å². The molecule has 18 heavy (non-hydrogen) atoms. The second-order valence-electron chi connectivity index (χ2n) is 5.88. The average Bonchev–Trinajstić information content (AvgIpc) is 2.71. The molecule has 6 heteroatoms. The van der Waals surface area contributed by atoms with Gasteiger partial charge < -0.3 is 10.2 Å². The predicted molar refractivity (Wildman–Crippen MR) is 65.9 cm³/mol. The highest BCUT2D eigenvalue weighted by Gasteiger charge is 2.49. The van der Waals surface area contributed by atoms with Crippen LogP contribution >= 0.6 is 0 Å². The van der Waals surface area contributed by atoms with Crippen molar-refractivity contribution in [3.05, 3.63) is 0 Å². The number of aliphatic hydroxyl groups is 1. The molecule has 0 aromatic rings. The van der Waals surface area contributed by atoms with E-state index in [2.05, 4.69) is 0 Å². The van der Waals surface area contributed by atoms with Gasteiger partial charge in [-0.1, -0.05) is 6.42 Å². The van der Waals surface area contributed by atoms with Crippen LogP contribution in [-0.4, -0.2) is 41.7 Å². The standard InChI is InChI=1S/C12H20O5S/c1-12(15)5-2-3-9(12)10(11(13)14)8-4-6-18(16,17)7-8/h8-10,15H,2-7H2,1H3,(H,13,14). The Labute approximate surface area is 107 Å². The van der Waals surface area contributed by atoms with Gasteiger partial charge in [0.1, 0.15) is 0 Å². The lowest BCUT2D eigenvalue weighted by Gasteiger charge is -2.33. The van der Waals surface area contributed by atoms with E-state index in [0.717, 1.165) is 6.42 Å². The third kappa shape index (κ3) is 2.54. The molecule has 2 rings (SSSR count).